The lowest BCUT2D eigenvalue weighted by atomic mass is 10.3. The Morgan fingerprint density at radius 3 is 2.94 bits per heavy atom. The molecule has 0 radical (unpaired) electrons. The van der Waals surface area contributed by atoms with Gasteiger partial charge in [-0.05, 0) is 12.1 Å². The highest BCUT2D eigenvalue weighted by Gasteiger charge is 1.99. The van der Waals surface area contributed by atoms with Crippen LogP contribution in [0.15, 0.2) is 28.5 Å². The molecule has 88 valence electrons. The summed E-state index contributed by atoms with van der Waals surface area (Å²) in [6.07, 6.45) is 1.61. The van der Waals surface area contributed by atoms with Crippen LogP contribution in [0, 0.1) is 0 Å². The second-order valence-electron chi connectivity index (χ2n) is 3.32. The summed E-state index contributed by atoms with van der Waals surface area (Å²) in [7, 11) is 0. The lowest BCUT2D eigenvalue weighted by Crippen LogP contribution is -2.10. The quantitative estimate of drug-likeness (QED) is 0.721. The van der Waals surface area contributed by atoms with Gasteiger partial charge in [-0.15, -0.1) is 0 Å². The zero-order valence-corrected chi connectivity index (χ0v) is 10.4. The van der Waals surface area contributed by atoms with Gasteiger partial charge in [-0.25, -0.2) is 4.98 Å². The van der Waals surface area contributed by atoms with Crippen molar-refractivity contribution in [3.05, 3.63) is 44.6 Å². The molecule has 5 nitrogen and oxygen atoms in total. The standard InChI is InChI=1S/C10H10N4OS2/c11-9(16)6-1-2-8(12-3-6)13-4-7-5-17-10(15)14-7/h1-3,5H,4H2,(H2,11,16)(H,12,13)(H,14,15). The van der Waals surface area contributed by atoms with E-state index in [1.165, 1.54) is 0 Å². The van der Waals surface area contributed by atoms with Crippen molar-refractivity contribution in [2.75, 3.05) is 5.32 Å². The number of nitrogens with one attached hydrogen (secondary N) is 2. The molecule has 2 rings (SSSR count). The van der Waals surface area contributed by atoms with Crippen LogP contribution in [0.5, 0.6) is 0 Å². The van der Waals surface area contributed by atoms with E-state index in [0.29, 0.717) is 17.4 Å². The maximum absolute atomic E-state index is 10.9. The number of aromatic nitrogens is 2. The Morgan fingerprint density at radius 2 is 2.41 bits per heavy atom. The van der Waals surface area contributed by atoms with E-state index < -0.39 is 0 Å². The molecule has 7 heteroatoms. The number of thiazole rings is 1. The number of nitrogens with zero attached hydrogens (tertiary/aromatic N) is 1. The molecule has 0 saturated heterocycles. The molecule has 0 aromatic carbocycles. The molecule has 0 aliphatic carbocycles. The second kappa shape index (κ2) is 5.07. The topological polar surface area (TPSA) is 83.8 Å². The van der Waals surface area contributed by atoms with Crippen LogP contribution in [0.25, 0.3) is 0 Å². The number of hydrogen-bond donors (Lipinski definition) is 3. The number of rotatable bonds is 4. The SMILES string of the molecule is NC(=S)c1ccc(NCc2csc(=O)[nH]2)nc1. The average Bonchev–Trinajstić information content (AvgIpc) is 2.73. The van der Waals surface area contributed by atoms with Crippen LogP contribution in [0.4, 0.5) is 5.82 Å². The van der Waals surface area contributed by atoms with Crippen LogP contribution in [-0.2, 0) is 6.54 Å². The number of hydrogen-bond acceptors (Lipinski definition) is 5. The summed E-state index contributed by atoms with van der Waals surface area (Å²) in [4.78, 5) is 18.0. The van der Waals surface area contributed by atoms with Gasteiger partial charge < -0.3 is 16.0 Å². The van der Waals surface area contributed by atoms with Crippen molar-refractivity contribution >= 4 is 34.4 Å². The summed E-state index contributed by atoms with van der Waals surface area (Å²) >= 11 is 5.97. The van der Waals surface area contributed by atoms with Gasteiger partial charge in [-0.1, -0.05) is 23.6 Å². The molecule has 2 heterocycles. The lowest BCUT2D eigenvalue weighted by molar-refractivity contribution is 1.04. The average molecular weight is 266 g/mol. The van der Waals surface area contributed by atoms with E-state index >= 15 is 0 Å². The van der Waals surface area contributed by atoms with E-state index in [4.69, 9.17) is 18.0 Å². The highest BCUT2D eigenvalue weighted by molar-refractivity contribution is 7.80. The molecule has 2 aromatic rings. The molecule has 0 spiro atoms. The molecule has 0 saturated carbocycles. The Balaban J connectivity index is 2.00. The summed E-state index contributed by atoms with van der Waals surface area (Å²) in [5.74, 6) is 0.706. The number of nitrogens with two attached hydrogens (primary N) is 1. The monoisotopic (exact) mass is 266 g/mol. The van der Waals surface area contributed by atoms with E-state index in [1.807, 2.05) is 0 Å². The zero-order chi connectivity index (χ0) is 12.3. The molecular formula is C10H10N4OS2. The smallest absolute Gasteiger partial charge is 0.304 e. The molecule has 17 heavy (non-hydrogen) atoms. The molecule has 0 unspecified atom stereocenters. The molecule has 0 aliphatic heterocycles. The van der Waals surface area contributed by atoms with Gasteiger partial charge in [-0.2, -0.15) is 0 Å². The van der Waals surface area contributed by atoms with Gasteiger partial charge in [0.25, 0.3) is 0 Å². The molecule has 0 atom stereocenters. The van der Waals surface area contributed by atoms with Crippen LogP contribution >= 0.6 is 23.6 Å². The fraction of sp³-hybridized carbons (Fsp3) is 0.100. The van der Waals surface area contributed by atoms with Crippen molar-refractivity contribution in [3.8, 4) is 0 Å². The number of aromatic amines is 1. The molecule has 0 aliphatic rings. The minimum atomic E-state index is -0.0569. The van der Waals surface area contributed by atoms with Crippen LogP contribution < -0.4 is 15.9 Å². The van der Waals surface area contributed by atoms with E-state index in [9.17, 15) is 4.79 Å². The lowest BCUT2D eigenvalue weighted by Gasteiger charge is -2.04. The van der Waals surface area contributed by atoms with Crippen LogP contribution in [0.2, 0.25) is 0 Å². The Labute approximate surface area is 107 Å². The van der Waals surface area contributed by atoms with E-state index in [-0.39, 0.29) is 4.87 Å². The highest BCUT2D eigenvalue weighted by Crippen LogP contribution is 2.06. The Bertz CT molecular complexity index is 572. The van der Waals surface area contributed by atoms with Crippen molar-refractivity contribution in [3.63, 3.8) is 0 Å². The molecule has 0 amide bonds. The Kier molecular flexibility index (Phi) is 3.50. The fourth-order valence-electron chi connectivity index (χ4n) is 1.23. The first-order chi connectivity index (χ1) is 8.15. The van der Waals surface area contributed by atoms with Gasteiger partial charge in [0.2, 0.25) is 0 Å². The van der Waals surface area contributed by atoms with Gasteiger partial charge in [-0.3, -0.25) is 4.79 Å². The molecule has 2 aromatic heterocycles. The third-order valence-electron chi connectivity index (χ3n) is 2.08. The minimum absolute atomic E-state index is 0.0569. The summed E-state index contributed by atoms with van der Waals surface area (Å²) in [5, 5.41) is 4.86. The third kappa shape index (κ3) is 3.11. The van der Waals surface area contributed by atoms with Crippen LogP contribution in [0.3, 0.4) is 0 Å². The largest absolute Gasteiger partial charge is 0.389 e. The summed E-state index contributed by atoms with van der Waals surface area (Å²) in [6, 6.07) is 3.59. The summed E-state index contributed by atoms with van der Waals surface area (Å²) < 4.78 is 0. The van der Waals surface area contributed by atoms with Gasteiger partial charge in [0.15, 0.2) is 0 Å². The first-order valence-electron chi connectivity index (χ1n) is 4.81. The first kappa shape index (κ1) is 11.7. The van der Waals surface area contributed by atoms with Crippen molar-refractivity contribution in [2.24, 2.45) is 5.73 Å². The van der Waals surface area contributed by atoms with E-state index in [2.05, 4.69) is 15.3 Å². The normalized spacial score (nSPS) is 10.1. The first-order valence-corrected chi connectivity index (χ1v) is 6.10. The molecule has 4 N–H and O–H groups in total. The van der Waals surface area contributed by atoms with Crippen molar-refractivity contribution in [1.82, 2.24) is 9.97 Å². The predicted octanol–water partition coefficient (Wildman–Crippen LogP) is 1.08. The zero-order valence-electron chi connectivity index (χ0n) is 8.77. The number of anilines is 1. The fourth-order valence-corrected chi connectivity index (χ4v) is 1.93. The van der Waals surface area contributed by atoms with Crippen LogP contribution in [0.1, 0.15) is 11.3 Å². The Morgan fingerprint density at radius 1 is 1.59 bits per heavy atom. The minimum Gasteiger partial charge on any atom is -0.389 e. The van der Waals surface area contributed by atoms with Gasteiger partial charge in [0.05, 0.1) is 6.54 Å². The van der Waals surface area contributed by atoms with Gasteiger partial charge in [0, 0.05) is 22.8 Å². The van der Waals surface area contributed by atoms with Crippen molar-refractivity contribution < 1.29 is 0 Å². The number of thiocarbonyl (C=S) groups is 1. The van der Waals surface area contributed by atoms with Gasteiger partial charge >= 0.3 is 4.87 Å². The number of H-pyrrole nitrogens is 1. The second-order valence-corrected chi connectivity index (χ2v) is 4.61. The maximum Gasteiger partial charge on any atom is 0.304 e. The Hall–Kier alpha value is -1.73. The molecule has 0 bridgehead atoms. The third-order valence-corrected chi connectivity index (χ3v) is 3.03. The van der Waals surface area contributed by atoms with Crippen molar-refractivity contribution in [1.29, 1.82) is 0 Å². The predicted molar refractivity (Wildman–Crippen MR) is 72.4 cm³/mol. The van der Waals surface area contributed by atoms with E-state index in [0.717, 1.165) is 22.6 Å². The molecule has 0 fully saturated rings. The summed E-state index contributed by atoms with van der Waals surface area (Å²) in [5.41, 5.74) is 7.03. The highest BCUT2D eigenvalue weighted by atomic mass is 32.1. The summed E-state index contributed by atoms with van der Waals surface area (Å²) in [6.45, 7) is 0.526. The van der Waals surface area contributed by atoms with E-state index in [1.54, 1.807) is 23.7 Å². The van der Waals surface area contributed by atoms with Crippen LogP contribution in [-0.4, -0.2) is 15.0 Å². The molecular weight excluding hydrogens is 256 g/mol. The number of pyridine rings is 1. The van der Waals surface area contributed by atoms with Crippen molar-refractivity contribution in [2.45, 2.75) is 6.54 Å². The van der Waals surface area contributed by atoms with Gasteiger partial charge in [0.1, 0.15) is 10.8 Å². The maximum atomic E-state index is 10.9.